The molecule has 8 heteroatoms. The second-order valence-corrected chi connectivity index (χ2v) is 6.98. The molecule has 1 aromatic rings. The number of benzene rings is 1. The van der Waals surface area contributed by atoms with Crippen molar-refractivity contribution in [3.63, 3.8) is 0 Å². The van der Waals surface area contributed by atoms with Crippen molar-refractivity contribution in [1.29, 1.82) is 0 Å². The van der Waals surface area contributed by atoms with Gasteiger partial charge in [-0.25, -0.2) is 21.6 Å². The van der Waals surface area contributed by atoms with Crippen LogP contribution in [0.5, 0.6) is 0 Å². The molecule has 0 aliphatic carbocycles. The van der Waals surface area contributed by atoms with Crippen LogP contribution in [-0.4, -0.2) is 31.4 Å². The molecule has 0 amide bonds. The number of rotatable bonds is 3. The van der Waals surface area contributed by atoms with Crippen molar-refractivity contribution < 1.29 is 21.6 Å². The Morgan fingerprint density at radius 3 is 2.33 bits per heavy atom. The Morgan fingerprint density at radius 1 is 1.24 bits per heavy atom. The molecule has 21 heavy (non-hydrogen) atoms. The van der Waals surface area contributed by atoms with E-state index in [4.69, 9.17) is 5.73 Å². The SMILES string of the molecule is CC1CCCC(CN)N1S(=O)(=O)c1c(F)cc(F)cc1F. The van der Waals surface area contributed by atoms with E-state index in [-0.39, 0.29) is 6.54 Å². The maximum absolute atomic E-state index is 13.8. The zero-order valence-electron chi connectivity index (χ0n) is 11.5. The minimum atomic E-state index is -4.41. The van der Waals surface area contributed by atoms with E-state index in [1.54, 1.807) is 6.92 Å². The number of hydrogen-bond donors (Lipinski definition) is 1. The van der Waals surface area contributed by atoms with E-state index in [1.165, 1.54) is 0 Å². The number of nitrogens with zero attached hydrogens (tertiary/aromatic N) is 1. The van der Waals surface area contributed by atoms with Crippen LogP contribution in [0.25, 0.3) is 0 Å². The lowest BCUT2D eigenvalue weighted by atomic mass is 10.00. The minimum Gasteiger partial charge on any atom is -0.329 e. The van der Waals surface area contributed by atoms with Gasteiger partial charge < -0.3 is 5.73 Å². The van der Waals surface area contributed by atoms with Crippen LogP contribution in [0.2, 0.25) is 0 Å². The monoisotopic (exact) mass is 322 g/mol. The van der Waals surface area contributed by atoms with E-state index in [0.29, 0.717) is 25.0 Å². The van der Waals surface area contributed by atoms with Gasteiger partial charge in [0.05, 0.1) is 0 Å². The molecule has 0 aromatic heterocycles. The van der Waals surface area contributed by atoms with Crippen molar-refractivity contribution in [2.75, 3.05) is 6.54 Å². The molecule has 0 radical (unpaired) electrons. The molecule has 118 valence electrons. The van der Waals surface area contributed by atoms with Gasteiger partial charge in [-0.05, 0) is 19.8 Å². The van der Waals surface area contributed by atoms with Crippen LogP contribution >= 0.6 is 0 Å². The average Bonchev–Trinajstić information content (AvgIpc) is 2.36. The number of hydrogen-bond acceptors (Lipinski definition) is 3. The fraction of sp³-hybridized carbons (Fsp3) is 0.538. The van der Waals surface area contributed by atoms with E-state index < -0.39 is 44.5 Å². The molecule has 0 bridgehead atoms. The minimum absolute atomic E-state index is 0.0635. The van der Waals surface area contributed by atoms with Gasteiger partial charge in [-0.2, -0.15) is 4.31 Å². The van der Waals surface area contributed by atoms with Crippen LogP contribution in [0.15, 0.2) is 17.0 Å². The Kier molecular flexibility index (Phi) is 4.60. The predicted octanol–water partition coefficient (Wildman–Crippen LogP) is 1.99. The molecular weight excluding hydrogens is 305 g/mol. The summed E-state index contributed by atoms with van der Waals surface area (Å²) in [5, 5.41) is 0. The van der Waals surface area contributed by atoms with Crippen molar-refractivity contribution in [2.24, 2.45) is 5.73 Å². The Labute approximate surface area is 121 Å². The van der Waals surface area contributed by atoms with Crippen LogP contribution in [0.3, 0.4) is 0 Å². The first-order valence-electron chi connectivity index (χ1n) is 6.67. The standard InChI is InChI=1S/C13H17F3N2O2S/c1-8-3-2-4-10(7-17)18(8)21(19,20)13-11(15)5-9(14)6-12(13)16/h5-6,8,10H,2-4,7,17H2,1H3. The second-order valence-electron chi connectivity index (χ2n) is 5.20. The average molecular weight is 322 g/mol. The smallest absolute Gasteiger partial charge is 0.249 e. The number of nitrogens with two attached hydrogens (primary N) is 1. The topological polar surface area (TPSA) is 63.4 Å². The summed E-state index contributed by atoms with van der Waals surface area (Å²) < 4.78 is 66.8. The first-order valence-corrected chi connectivity index (χ1v) is 8.11. The zero-order valence-corrected chi connectivity index (χ0v) is 12.3. The summed E-state index contributed by atoms with van der Waals surface area (Å²) in [5.74, 6) is -4.02. The van der Waals surface area contributed by atoms with Gasteiger partial charge in [0.1, 0.15) is 17.5 Å². The number of sulfonamides is 1. The summed E-state index contributed by atoms with van der Waals surface area (Å²) in [5.41, 5.74) is 5.58. The fourth-order valence-electron chi connectivity index (χ4n) is 2.80. The lowest BCUT2D eigenvalue weighted by Gasteiger charge is -2.39. The third-order valence-electron chi connectivity index (χ3n) is 3.72. The lowest BCUT2D eigenvalue weighted by Crippen LogP contribution is -2.52. The molecule has 1 heterocycles. The summed E-state index contributed by atoms with van der Waals surface area (Å²) in [6.07, 6.45) is 1.91. The second kappa shape index (κ2) is 5.94. The van der Waals surface area contributed by atoms with E-state index in [0.717, 1.165) is 10.7 Å². The van der Waals surface area contributed by atoms with Crippen molar-refractivity contribution in [3.05, 3.63) is 29.6 Å². The Balaban J connectivity index is 2.55. The van der Waals surface area contributed by atoms with Gasteiger partial charge in [-0.3, -0.25) is 0 Å². The van der Waals surface area contributed by atoms with Gasteiger partial charge in [-0.1, -0.05) is 6.42 Å². The molecule has 1 aromatic carbocycles. The largest absolute Gasteiger partial charge is 0.329 e. The summed E-state index contributed by atoms with van der Waals surface area (Å²) >= 11 is 0. The normalized spacial score (nSPS) is 24.2. The maximum Gasteiger partial charge on any atom is 0.249 e. The Hall–Kier alpha value is -1.12. The summed E-state index contributed by atoms with van der Waals surface area (Å²) in [6.45, 7) is 1.73. The Morgan fingerprint density at radius 2 is 1.81 bits per heavy atom. The van der Waals surface area contributed by atoms with E-state index in [1.807, 2.05) is 0 Å². The highest BCUT2D eigenvalue weighted by molar-refractivity contribution is 7.89. The third kappa shape index (κ3) is 2.93. The molecular formula is C13H17F3N2O2S. The van der Waals surface area contributed by atoms with Crippen molar-refractivity contribution >= 4 is 10.0 Å². The highest BCUT2D eigenvalue weighted by atomic mass is 32.2. The van der Waals surface area contributed by atoms with Crippen molar-refractivity contribution in [1.82, 2.24) is 4.31 Å². The van der Waals surface area contributed by atoms with Crippen molar-refractivity contribution in [2.45, 2.75) is 43.2 Å². The van der Waals surface area contributed by atoms with Gasteiger partial charge in [0.25, 0.3) is 0 Å². The molecule has 1 saturated heterocycles. The molecule has 0 spiro atoms. The van der Waals surface area contributed by atoms with Crippen LogP contribution in [0, 0.1) is 17.5 Å². The Bertz CT molecular complexity index is 613. The number of piperidine rings is 1. The molecule has 0 saturated carbocycles. The van der Waals surface area contributed by atoms with Gasteiger partial charge in [0.2, 0.25) is 10.0 Å². The molecule has 2 atom stereocenters. The molecule has 1 fully saturated rings. The number of halogens is 3. The molecule has 4 nitrogen and oxygen atoms in total. The van der Waals surface area contributed by atoms with Crippen molar-refractivity contribution in [3.8, 4) is 0 Å². The molecule has 1 aliphatic rings. The molecule has 1 aliphatic heterocycles. The first-order chi connectivity index (χ1) is 9.78. The summed E-state index contributed by atoms with van der Waals surface area (Å²) in [7, 11) is -4.41. The quantitative estimate of drug-likeness (QED) is 0.926. The van der Waals surface area contributed by atoms with E-state index >= 15 is 0 Å². The van der Waals surface area contributed by atoms with Crippen LogP contribution in [0.1, 0.15) is 26.2 Å². The first kappa shape index (κ1) is 16.3. The zero-order chi connectivity index (χ0) is 15.8. The molecule has 2 rings (SSSR count). The summed E-state index contributed by atoms with van der Waals surface area (Å²) in [6, 6.07) is -0.201. The molecule has 2 N–H and O–H groups in total. The van der Waals surface area contributed by atoms with Crippen LogP contribution in [-0.2, 0) is 10.0 Å². The predicted molar refractivity (Wildman–Crippen MR) is 71.5 cm³/mol. The van der Waals surface area contributed by atoms with E-state index in [2.05, 4.69) is 0 Å². The third-order valence-corrected chi connectivity index (χ3v) is 5.84. The van der Waals surface area contributed by atoms with Gasteiger partial charge >= 0.3 is 0 Å². The van der Waals surface area contributed by atoms with Gasteiger partial charge in [0.15, 0.2) is 4.90 Å². The van der Waals surface area contributed by atoms with Crippen LogP contribution in [0.4, 0.5) is 13.2 Å². The highest BCUT2D eigenvalue weighted by Gasteiger charge is 2.40. The summed E-state index contributed by atoms with van der Waals surface area (Å²) in [4.78, 5) is -1.11. The lowest BCUT2D eigenvalue weighted by molar-refractivity contribution is 0.194. The van der Waals surface area contributed by atoms with Gasteiger partial charge in [0, 0.05) is 30.8 Å². The van der Waals surface area contributed by atoms with Gasteiger partial charge in [-0.15, -0.1) is 0 Å². The fourth-order valence-corrected chi connectivity index (χ4v) is 4.78. The highest BCUT2D eigenvalue weighted by Crippen LogP contribution is 2.31. The van der Waals surface area contributed by atoms with E-state index in [9.17, 15) is 21.6 Å². The van der Waals surface area contributed by atoms with Crippen LogP contribution < -0.4 is 5.73 Å². The molecule has 2 unspecified atom stereocenters. The maximum atomic E-state index is 13.8.